The number of aromatic nitrogens is 4. The lowest BCUT2D eigenvalue weighted by Crippen LogP contribution is -2.14. The Morgan fingerprint density at radius 3 is 2.17 bits per heavy atom. The van der Waals surface area contributed by atoms with Gasteiger partial charge in [-0.1, -0.05) is 123 Å². The first kappa shape index (κ1) is 29.9. The van der Waals surface area contributed by atoms with Crippen molar-refractivity contribution in [2.45, 2.75) is 19.3 Å². The average Bonchev–Trinajstić information content (AvgIpc) is 3.94. The van der Waals surface area contributed by atoms with E-state index in [-0.39, 0.29) is 5.41 Å². The third-order valence-electron chi connectivity index (χ3n) is 11.5. The zero-order valence-electron chi connectivity index (χ0n) is 29.5. The number of rotatable bonds is 3. The van der Waals surface area contributed by atoms with Crippen LogP contribution in [0.1, 0.15) is 25.0 Å². The van der Waals surface area contributed by atoms with Crippen molar-refractivity contribution in [3.05, 3.63) is 157 Å². The first-order chi connectivity index (χ1) is 26.5. The second-order valence-electron chi connectivity index (χ2n) is 14.8. The van der Waals surface area contributed by atoms with Gasteiger partial charge >= 0.3 is 0 Å². The van der Waals surface area contributed by atoms with Crippen LogP contribution in [0, 0.1) is 0 Å². The minimum atomic E-state index is -0.110. The fourth-order valence-corrected chi connectivity index (χ4v) is 10.1. The van der Waals surface area contributed by atoms with E-state index in [0.717, 1.165) is 49.5 Å². The molecule has 4 heterocycles. The van der Waals surface area contributed by atoms with Crippen molar-refractivity contribution in [2.75, 3.05) is 0 Å². The fourth-order valence-electron chi connectivity index (χ4n) is 8.98. The highest BCUT2D eigenvalue weighted by atomic mass is 32.1. The molecule has 11 aromatic rings. The maximum absolute atomic E-state index is 6.32. The van der Waals surface area contributed by atoms with Crippen molar-refractivity contribution in [1.82, 2.24) is 19.5 Å². The Kier molecular flexibility index (Phi) is 5.93. The standard InChI is InChI=1S/C48H30N4OS/c1-48(2)35-19-9-6-15-28(35)33-26-41-34(25-36(33)48)43-40(54-41)24-23-30-29-16-7-10-20-37(29)52(44(30)43)47-50-45(27-13-4-3-5-14-27)49-46(51-47)32-18-12-22-39-42(32)31-17-8-11-21-38(31)53-39/h3-26H,1-2H3. The van der Waals surface area contributed by atoms with Crippen LogP contribution in [0.2, 0.25) is 0 Å². The molecule has 0 fully saturated rings. The molecule has 5 nitrogen and oxygen atoms in total. The van der Waals surface area contributed by atoms with Gasteiger partial charge in [-0.15, -0.1) is 11.3 Å². The summed E-state index contributed by atoms with van der Waals surface area (Å²) in [6.45, 7) is 4.71. The predicted molar refractivity (Wildman–Crippen MR) is 223 cm³/mol. The summed E-state index contributed by atoms with van der Waals surface area (Å²) in [5.41, 5.74) is 10.9. The number of thiophene rings is 1. The highest BCUT2D eigenvalue weighted by molar-refractivity contribution is 7.26. The number of nitrogens with zero attached hydrogens (tertiary/aromatic N) is 4. The SMILES string of the molecule is CC1(C)c2ccccc2-c2cc3sc4ccc5c6ccccc6n(-c6nc(-c7ccccc7)nc(-c7cccc8oc9ccccc9c78)n6)c5c4c3cc21. The van der Waals surface area contributed by atoms with E-state index in [1.165, 1.54) is 47.8 Å². The van der Waals surface area contributed by atoms with E-state index >= 15 is 0 Å². The van der Waals surface area contributed by atoms with Crippen molar-refractivity contribution in [3.8, 4) is 39.9 Å². The molecule has 0 amide bonds. The maximum Gasteiger partial charge on any atom is 0.238 e. The predicted octanol–water partition coefficient (Wildman–Crippen LogP) is 12.9. The molecule has 4 aromatic heterocycles. The lowest BCUT2D eigenvalue weighted by Gasteiger charge is -2.21. The van der Waals surface area contributed by atoms with Crippen LogP contribution in [0.25, 0.3) is 104 Å². The molecule has 0 radical (unpaired) electrons. The molecular formula is C48H30N4OS. The Bertz CT molecular complexity index is 3370. The number of furan rings is 1. The Balaban J connectivity index is 1.20. The molecule has 0 atom stereocenters. The molecular weight excluding hydrogens is 681 g/mol. The summed E-state index contributed by atoms with van der Waals surface area (Å²) >= 11 is 1.86. The van der Waals surface area contributed by atoms with Gasteiger partial charge in [0.05, 0.1) is 11.0 Å². The number of hydrogen-bond donors (Lipinski definition) is 0. The lowest BCUT2D eigenvalue weighted by atomic mass is 9.82. The van der Waals surface area contributed by atoms with Gasteiger partial charge in [0.1, 0.15) is 11.2 Å². The molecule has 54 heavy (non-hydrogen) atoms. The minimum Gasteiger partial charge on any atom is -0.456 e. The molecule has 7 aromatic carbocycles. The summed E-state index contributed by atoms with van der Waals surface area (Å²) < 4.78 is 11.1. The summed E-state index contributed by atoms with van der Waals surface area (Å²) in [6.07, 6.45) is 0. The quantitative estimate of drug-likeness (QED) is 0.183. The molecule has 0 saturated heterocycles. The zero-order chi connectivity index (χ0) is 35.7. The van der Waals surface area contributed by atoms with E-state index in [0.29, 0.717) is 17.6 Å². The Labute approximate surface area is 313 Å². The molecule has 0 bridgehead atoms. The van der Waals surface area contributed by atoms with Crippen LogP contribution < -0.4 is 0 Å². The van der Waals surface area contributed by atoms with Crippen molar-refractivity contribution in [2.24, 2.45) is 0 Å². The molecule has 6 heteroatoms. The summed E-state index contributed by atoms with van der Waals surface area (Å²) in [6, 6.07) is 51.4. The van der Waals surface area contributed by atoms with Gasteiger partial charge in [-0.3, -0.25) is 4.57 Å². The monoisotopic (exact) mass is 710 g/mol. The van der Waals surface area contributed by atoms with E-state index in [1.54, 1.807) is 0 Å². The molecule has 254 valence electrons. The van der Waals surface area contributed by atoms with E-state index in [2.05, 4.69) is 115 Å². The zero-order valence-corrected chi connectivity index (χ0v) is 30.3. The molecule has 1 aliphatic rings. The molecule has 0 unspecified atom stereocenters. The second-order valence-corrected chi connectivity index (χ2v) is 15.9. The summed E-state index contributed by atoms with van der Waals surface area (Å²) in [7, 11) is 0. The lowest BCUT2D eigenvalue weighted by molar-refractivity contribution is 0.661. The van der Waals surface area contributed by atoms with Gasteiger partial charge in [0.2, 0.25) is 5.95 Å². The second kappa shape index (κ2) is 10.7. The largest absolute Gasteiger partial charge is 0.456 e. The number of fused-ring (bicyclic) bond motifs is 13. The number of hydrogen-bond acceptors (Lipinski definition) is 5. The smallest absolute Gasteiger partial charge is 0.238 e. The van der Waals surface area contributed by atoms with Gasteiger partial charge in [-0.25, -0.2) is 4.98 Å². The Morgan fingerprint density at radius 1 is 0.519 bits per heavy atom. The number of benzene rings is 7. The van der Waals surface area contributed by atoms with Crippen molar-refractivity contribution in [3.63, 3.8) is 0 Å². The highest BCUT2D eigenvalue weighted by Gasteiger charge is 2.36. The Hall–Kier alpha value is -6.63. The minimum absolute atomic E-state index is 0.110. The van der Waals surface area contributed by atoms with Gasteiger partial charge in [0.15, 0.2) is 11.6 Å². The topological polar surface area (TPSA) is 56.7 Å². The first-order valence-corrected chi connectivity index (χ1v) is 19.1. The van der Waals surface area contributed by atoms with Gasteiger partial charge in [-0.05, 0) is 58.7 Å². The van der Waals surface area contributed by atoms with Crippen LogP contribution in [0.4, 0.5) is 0 Å². The van der Waals surface area contributed by atoms with Crippen LogP contribution in [0.3, 0.4) is 0 Å². The molecule has 0 saturated carbocycles. The molecule has 1 aliphatic carbocycles. The van der Waals surface area contributed by atoms with Gasteiger partial charge in [0, 0.05) is 58.3 Å². The fraction of sp³-hybridized carbons (Fsp3) is 0.0625. The Morgan fingerprint density at radius 2 is 1.26 bits per heavy atom. The van der Waals surface area contributed by atoms with Crippen molar-refractivity contribution >= 4 is 75.3 Å². The van der Waals surface area contributed by atoms with Gasteiger partial charge < -0.3 is 4.42 Å². The average molecular weight is 711 g/mol. The van der Waals surface area contributed by atoms with E-state index in [4.69, 9.17) is 19.4 Å². The molecule has 0 spiro atoms. The first-order valence-electron chi connectivity index (χ1n) is 18.3. The van der Waals surface area contributed by atoms with Gasteiger partial charge in [0.25, 0.3) is 0 Å². The van der Waals surface area contributed by atoms with Crippen LogP contribution in [-0.4, -0.2) is 19.5 Å². The normalized spacial score (nSPS) is 13.5. The molecule has 12 rings (SSSR count). The molecule has 0 N–H and O–H groups in total. The number of para-hydroxylation sites is 2. The third kappa shape index (κ3) is 4.00. The summed E-state index contributed by atoms with van der Waals surface area (Å²) in [4.78, 5) is 15.9. The van der Waals surface area contributed by atoms with Crippen LogP contribution in [0.5, 0.6) is 0 Å². The van der Waals surface area contributed by atoms with Crippen LogP contribution >= 0.6 is 11.3 Å². The third-order valence-corrected chi connectivity index (χ3v) is 12.6. The van der Waals surface area contributed by atoms with Crippen LogP contribution in [0.15, 0.2) is 150 Å². The maximum atomic E-state index is 6.32. The van der Waals surface area contributed by atoms with Crippen LogP contribution in [-0.2, 0) is 5.41 Å². The van der Waals surface area contributed by atoms with E-state index < -0.39 is 0 Å². The van der Waals surface area contributed by atoms with Gasteiger partial charge in [-0.2, -0.15) is 9.97 Å². The van der Waals surface area contributed by atoms with Crippen molar-refractivity contribution < 1.29 is 4.42 Å². The molecule has 0 aliphatic heterocycles. The highest BCUT2D eigenvalue weighted by Crippen LogP contribution is 2.52. The summed E-state index contributed by atoms with van der Waals surface area (Å²) in [5.74, 6) is 1.79. The van der Waals surface area contributed by atoms with E-state index in [1.807, 2.05) is 59.9 Å². The van der Waals surface area contributed by atoms with E-state index in [9.17, 15) is 0 Å². The summed E-state index contributed by atoms with van der Waals surface area (Å²) in [5, 5.41) is 6.85. The van der Waals surface area contributed by atoms with Crippen molar-refractivity contribution in [1.29, 1.82) is 0 Å².